The van der Waals surface area contributed by atoms with Gasteiger partial charge in [0.25, 0.3) is 5.91 Å². The monoisotopic (exact) mass is 386 g/mol. The van der Waals surface area contributed by atoms with Crippen LogP contribution in [-0.2, 0) is 9.59 Å². The van der Waals surface area contributed by atoms with Crippen LogP contribution in [0.3, 0.4) is 0 Å². The lowest BCUT2D eigenvalue weighted by molar-refractivity contribution is -0.173. The Morgan fingerprint density at radius 2 is 2.00 bits per heavy atom. The topological polar surface area (TPSA) is 86.7 Å². The number of carboxylic acids is 1. The molecule has 148 valence electrons. The van der Waals surface area contributed by atoms with Crippen molar-refractivity contribution in [2.45, 2.75) is 44.8 Å². The summed E-state index contributed by atoms with van der Waals surface area (Å²) in [6.07, 6.45) is -3.41. The van der Waals surface area contributed by atoms with E-state index in [9.17, 15) is 32.7 Å². The van der Waals surface area contributed by atoms with Crippen molar-refractivity contribution in [2.24, 2.45) is 5.92 Å². The summed E-state index contributed by atoms with van der Waals surface area (Å²) < 4.78 is 37.6. The molecular formula is C18H21F3N2O4. The number of piperidine rings is 1. The van der Waals surface area contributed by atoms with Crippen LogP contribution in [0.5, 0.6) is 0 Å². The van der Waals surface area contributed by atoms with E-state index in [4.69, 9.17) is 0 Å². The van der Waals surface area contributed by atoms with Crippen LogP contribution in [-0.4, -0.2) is 46.6 Å². The summed E-state index contributed by atoms with van der Waals surface area (Å²) in [4.78, 5) is 37.1. The van der Waals surface area contributed by atoms with E-state index >= 15 is 0 Å². The molecule has 2 atom stereocenters. The molecule has 0 aliphatic carbocycles. The zero-order valence-corrected chi connectivity index (χ0v) is 14.8. The molecule has 1 aliphatic rings. The molecule has 0 saturated carbocycles. The number of benzene rings is 1. The quantitative estimate of drug-likeness (QED) is 0.813. The Morgan fingerprint density at radius 3 is 2.63 bits per heavy atom. The van der Waals surface area contributed by atoms with Gasteiger partial charge < -0.3 is 15.3 Å². The van der Waals surface area contributed by atoms with Crippen molar-refractivity contribution >= 4 is 23.5 Å². The van der Waals surface area contributed by atoms with Gasteiger partial charge in [-0.3, -0.25) is 9.59 Å². The summed E-state index contributed by atoms with van der Waals surface area (Å²) in [5, 5.41) is 11.6. The van der Waals surface area contributed by atoms with E-state index in [-0.39, 0.29) is 11.3 Å². The first kappa shape index (κ1) is 20.7. The number of nitrogens with one attached hydrogen (secondary N) is 1. The molecule has 1 fully saturated rings. The van der Waals surface area contributed by atoms with E-state index in [2.05, 4.69) is 5.32 Å². The summed E-state index contributed by atoms with van der Waals surface area (Å²) >= 11 is 0. The maximum absolute atomic E-state index is 12.7. The molecule has 1 saturated heterocycles. The third kappa shape index (κ3) is 5.45. The minimum Gasteiger partial charge on any atom is -0.480 e. The van der Waals surface area contributed by atoms with Gasteiger partial charge in [-0.05, 0) is 37.5 Å². The van der Waals surface area contributed by atoms with Crippen LogP contribution in [0.4, 0.5) is 18.9 Å². The number of halogens is 3. The Labute approximate surface area is 154 Å². The molecule has 2 rings (SSSR count). The summed E-state index contributed by atoms with van der Waals surface area (Å²) in [5.74, 6) is -4.16. The van der Waals surface area contributed by atoms with Crippen molar-refractivity contribution < 1.29 is 32.7 Å². The van der Waals surface area contributed by atoms with E-state index in [0.717, 1.165) is 6.92 Å². The summed E-state index contributed by atoms with van der Waals surface area (Å²) in [6, 6.07) is 4.85. The first-order valence-electron chi connectivity index (χ1n) is 8.60. The van der Waals surface area contributed by atoms with Crippen LogP contribution in [0.1, 0.15) is 43.0 Å². The number of hydrogen-bond donors (Lipinski definition) is 2. The Morgan fingerprint density at radius 1 is 1.30 bits per heavy atom. The fourth-order valence-electron chi connectivity index (χ4n) is 2.93. The van der Waals surface area contributed by atoms with E-state index in [1.807, 2.05) is 0 Å². The van der Waals surface area contributed by atoms with Crippen molar-refractivity contribution in [3.05, 3.63) is 29.8 Å². The lowest BCUT2D eigenvalue weighted by Crippen LogP contribution is -2.48. The maximum atomic E-state index is 12.7. The van der Waals surface area contributed by atoms with E-state index in [1.165, 1.54) is 29.2 Å². The number of aliphatic carboxylic acids is 1. The third-order valence-corrected chi connectivity index (χ3v) is 4.49. The minimum absolute atomic E-state index is 0.171. The zero-order chi connectivity index (χ0) is 20.2. The number of amides is 2. The fourth-order valence-corrected chi connectivity index (χ4v) is 2.93. The highest BCUT2D eigenvalue weighted by Crippen LogP contribution is 2.28. The lowest BCUT2D eigenvalue weighted by Gasteiger charge is -2.33. The predicted octanol–water partition coefficient (Wildman–Crippen LogP) is 3.29. The van der Waals surface area contributed by atoms with Gasteiger partial charge in [-0.2, -0.15) is 13.2 Å². The standard InChI is InChI=1S/C18H21F3N2O4/c1-11(18(19,20)21)9-15(24)22-13-6-4-5-12(10-13)16(25)23-8-3-2-7-14(23)17(26)27/h4-6,10-11,14H,2-3,7-9H2,1H3,(H,22,24)(H,26,27). The van der Waals surface area contributed by atoms with Crippen LogP contribution >= 0.6 is 0 Å². The van der Waals surface area contributed by atoms with E-state index < -0.39 is 42.3 Å². The molecule has 1 aromatic rings. The van der Waals surface area contributed by atoms with Gasteiger partial charge >= 0.3 is 12.1 Å². The molecule has 2 amide bonds. The van der Waals surface area contributed by atoms with Crippen molar-refractivity contribution in [3.8, 4) is 0 Å². The molecule has 0 aromatic heterocycles. The first-order chi connectivity index (χ1) is 12.6. The molecule has 27 heavy (non-hydrogen) atoms. The SMILES string of the molecule is CC(CC(=O)Nc1cccc(C(=O)N2CCCCC2C(=O)O)c1)C(F)(F)F. The molecule has 0 spiro atoms. The molecule has 1 aromatic carbocycles. The average molecular weight is 386 g/mol. The molecule has 0 bridgehead atoms. The summed E-state index contributed by atoms with van der Waals surface area (Å²) in [7, 11) is 0. The van der Waals surface area contributed by atoms with Gasteiger partial charge in [-0.25, -0.2) is 4.79 Å². The molecule has 1 heterocycles. The highest BCUT2D eigenvalue weighted by Gasteiger charge is 2.37. The number of carbonyl (C=O) groups excluding carboxylic acids is 2. The number of carboxylic acid groups (broad SMARTS) is 1. The normalized spacial score (nSPS) is 18.7. The number of nitrogens with zero attached hydrogens (tertiary/aromatic N) is 1. The van der Waals surface area contributed by atoms with Gasteiger partial charge in [0, 0.05) is 24.2 Å². The van der Waals surface area contributed by atoms with Crippen LogP contribution in [0, 0.1) is 5.92 Å². The van der Waals surface area contributed by atoms with E-state index in [1.54, 1.807) is 0 Å². The van der Waals surface area contributed by atoms with Crippen molar-refractivity contribution in [1.82, 2.24) is 4.90 Å². The molecule has 1 aliphatic heterocycles. The highest BCUT2D eigenvalue weighted by molar-refractivity contribution is 5.99. The smallest absolute Gasteiger partial charge is 0.392 e. The molecular weight excluding hydrogens is 365 g/mol. The summed E-state index contributed by atoms with van der Waals surface area (Å²) in [6.45, 7) is 1.23. The third-order valence-electron chi connectivity index (χ3n) is 4.49. The van der Waals surface area contributed by atoms with Gasteiger partial charge in [0.05, 0.1) is 5.92 Å². The van der Waals surface area contributed by atoms with Gasteiger partial charge in [0.15, 0.2) is 0 Å². The maximum Gasteiger partial charge on any atom is 0.392 e. The largest absolute Gasteiger partial charge is 0.480 e. The molecule has 2 unspecified atom stereocenters. The number of anilines is 1. The Kier molecular flexibility index (Phi) is 6.45. The van der Waals surface area contributed by atoms with Gasteiger partial charge in [-0.15, -0.1) is 0 Å². The number of likely N-dealkylation sites (tertiary alicyclic amines) is 1. The second-order valence-corrected chi connectivity index (χ2v) is 6.62. The predicted molar refractivity (Wildman–Crippen MR) is 91.2 cm³/mol. The van der Waals surface area contributed by atoms with Crippen LogP contribution < -0.4 is 5.32 Å². The Bertz CT molecular complexity index is 721. The highest BCUT2D eigenvalue weighted by atomic mass is 19.4. The van der Waals surface area contributed by atoms with Crippen molar-refractivity contribution in [2.75, 3.05) is 11.9 Å². The van der Waals surface area contributed by atoms with Gasteiger partial charge in [0.1, 0.15) is 6.04 Å². The Balaban J connectivity index is 2.09. The summed E-state index contributed by atoms with van der Waals surface area (Å²) in [5.41, 5.74) is 0.355. The van der Waals surface area contributed by atoms with Gasteiger partial charge in [0.2, 0.25) is 5.91 Å². The lowest BCUT2D eigenvalue weighted by atomic mass is 10.0. The molecule has 2 N–H and O–H groups in total. The Hall–Kier alpha value is -2.58. The fraction of sp³-hybridized carbons (Fsp3) is 0.500. The number of rotatable bonds is 5. The molecule has 9 heteroatoms. The number of alkyl halides is 3. The number of hydrogen-bond acceptors (Lipinski definition) is 3. The van der Waals surface area contributed by atoms with Crippen molar-refractivity contribution in [1.29, 1.82) is 0 Å². The number of carbonyl (C=O) groups is 3. The van der Waals surface area contributed by atoms with E-state index in [0.29, 0.717) is 25.8 Å². The van der Waals surface area contributed by atoms with Crippen LogP contribution in [0.2, 0.25) is 0 Å². The molecule has 0 radical (unpaired) electrons. The minimum atomic E-state index is -4.46. The van der Waals surface area contributed by atoms with Gasteiger partial charge in [-0.1, -0.05) is 13.0 Å². The molecule has 6 nitrogen and oxygen atoms in total. The second kappa shape index (κ2) is 8.41. The zero-order valence-electron chi connectivity index (χ0n) is 14.8. The van der Waals surface area contributed by atoms with Crippen molar-refractivity contribution in [3.63, 3.8) is 0 Å². The van der Waals surface area contributed by atoms with Crippen LogP contribution in [0.25, 0.3) is 0 Å². The average Bonchev–Trinajstić information content (AvgIpc) is 2.60. The second-order valence-electron chi connectivity index (χ2n) is 6.62. The van der Waals surface area contributed by atoms with Crippen LogP contribution in [0.15, 0.2) is 24.3 Å². The first-order valence-corrected chi connectivity index (χ1v) is 8.60.